The zero-order valence-electron chi connectivity index (χ0n) is 36.6. The van der Waals surface area contributed by atoms with E-state index >= 15 is 0 Å². The van der Waals surface area contributed by atoms with Gasteiger partial charge in [-0.15, -0.1) is 0 Å². The van der Waals surface area contributed by atoms with Crippen molar-refractivity contribution in [1.29, 1.82) is 0 Å². The minimum absolute atomic E-state index is 0.215. The summed E-state index contributed by atoms with van der Waals surface area (Å²) in [4.78, 5) is 25.3. The number of esters is 2. The second-order valence-electron chi connectivity index (χ2n) is 16.6. The molecule has 0 spiro atoms. The van der Waals surface area contributed by atoms with Crippen LogP contribution in [0.1, 0.15) is 219 Å². The normalized spacial score (nSPS) is 20.3. The number of carbonyl (C=O) groups excluding carboxylic acids is 2. The van der Waals surface area contributed by atoms with Crippen LogP contribution in [-0.4, -0.2) is 89.0 Å². The fourth-order valence-corrected chi connectivity index (χ4v) is 7.36. The molecule has 0 saturated carbocycles. The van der Waals surface area contributed by atoms with Crippen molar-refractivity contribution in [2.75, 3.05) is 19.8 Å². The lowest BCUT2D eigenvalue weighted by atomic mass is 9.99. The summed E-state index contributed by atoms with van der Waals surface area (Å²) >= 11 is 0. The Labute approximate surface area is 348 Å². The maximum Gasteiger partial charge on any atom is 0.306 e. The van der Waals surface area contributed by atoms with Crippen molar-refractivity contribution in [1.82, 2.24) is 0 Å². The summed E-state index contributed by atoms with van der Waals surface area (Å²) in [5, 5.41) is 40.1. The fourth-order valence-electron chi connectivity index (χ4n) is 7.36. The molecule has 6 atom stereocenters. The number of rotatable bonds is 40. The number of unbranched alkanes of at least 4 members (excludes halogenated alkanes) is 27. The van der Waals surface area contributed by atoms with E-state index in [0.29, 0.717) is 6.42 Å². The van der Waals surface area contributed by atoms with Gasteiger partial charge >= 0.3 is 11.9 Å². The van der Waals surface area contributed by atoms with Gasteiger partial charge in [0.15, 0.2) is 12.4 Å². The van der Waals surface area contributed by atoms with E-state index in [4.69, 9.17) is 18.9 Å². The van der Waals surface area contributed by atoms with Gasteiger partial charge < -0.3 is 39.4 Å². The van der Waals surface area contributed by atoms with Gasteiger partial charge in [0, 0.05) is 12.8 Å². The van der Waals surface area contributed by atoms with Crippen LogP contribution in [0.2, 0.25) is 0 Å². The second-order valence-corrected chi connectivity index (χ2v) is 16.6. The molecule has 4 N–H and O–H groups in total. The highest BCUT2D eigenvalue weighted by Gasteiger charge is 2.44. The third-order valence-corrected chi connectivity index (χ3v) is 11.2. The first-order valence-electron chi connectivity index (χ1n) is 23.8. The van der Waals surface area contributed by atoms with Gasteiger partial charge in [0.05, 0.1) is 13.2 Å². The topological polar surface area (TPSA) is 152 Å². The largest absolute Gasteiger partial charge is 0.462 e. The summed E-state index contributed by atoms with van der Waals surface area (Å²) in [6.07, 6.45) is 33.7. The molecular weight excluding hydrogens is 725 g/mol. The number of aliphatic hydroxyl groups is 4. The molecule has 0 radical (unpaired) electrons. The van der Waals surface area contributed by atoms with Crippen molar-refractivity contribution < 1.29 is 49.0 Å². The van der Waals surface area contributed by atoms with Crippen LogP contribution in [0.25, 0.3) is 0 Å². The maximum absolute atomic E-state index is 12.7. The first kappa shape index (κ1) is 53.5. The van der Waals surface area contributed by atoms with Crippen LogP contribution in [0.15, 0.2) is 12.2 Å². The van der Waals surface area contributed by atoms with E-state index in [0.717, 1.165) is 57.8 Å². The first-order chi connectivity index (χ1) is 27.8. The average Bonchev–Trinajstić information content (AvgIpc) is 3.21. The minimum atomic E-state index is -1.59. The number of hydrogen-bond acceptors (Lipinski definition) is 10. The Bertz CT molecular complexity index is 943. The van der Waals surface area contributed by atoms with Crippen molar-refractivity contribution in [3.8, 4) is 0 Å². The Hall–Kier alpha value is -1.56. The van der Waals surface area contributed by atoms with Crippen LogP contribution in [0.3, 0.4) is 0 Å². The summed E-state index contributed by atoms with van der Waals surface area (Å²) in [6, 6.07) is 0. The highest BCUT2D eigenvalue weighted by molar-refractivity contribution is 5.70. The SMILES string of the molecule is CCCCC/C=C/CCCCCCCC(=O)O[C@@H](COC(=O)CCCCCCCCCCCCCCCCCCCCCC)CO[C@H]1O[C@@H](CO)[C@@H](O)C(O)C1O. The van der Waals surface area contributed by atoms with Gasteiger partial charge in [0.2, 0.25) is 0 Å². The molecular formula is C47H88O10. The molecule has 1 rings (SSSR count). The molecule has 1 fully saturated rings. The molecule has 0 bridgehead atoms. The second kappa shape index (κ2) is 38.6. The number of aliphatic hydroxyl groups excluding tert-OH is 4. The van der Waals surface area contributed by atoms with Crippen molar-refractivity contribution >= 4 is 11.9 Å². The summed E-state index contributed by atoms with van der Waals surface area (Å²) in [6.45, 7) is 3.42. The molecule has 0 amide bonds. The van der Waals surface area contributed by atoms with E-state index in [2.05, 4.69) is 26.0 Å². The Morgan fingerprint density at radius 2 is 0.930 bits per heavy atom. The minimum Gasteiger partial charge on any atom is -0.462 e. The number of allylic oxidation sites excluding steroid dienone is 2. The molecule has 1 aliphatic rings. The van der Waals surface area contributed by atoms with Crippen LogP contribution >= 0.6 is 0 Å². The molecule has 1 heterocycles. The van der Waals surface area contributed by atoms with Crippen LogP contribution in [0, 0.1) is 0 Å². The molecule has 0 aromatic carbocycles. The standard InChI is InChI=1S/C47H88O10/c1-3-5-7-9-11-13-15-17-18-19-20-21-22-23-24-26-27-29-31-33-35-42(49)54-38-40(39-55-47-46(53)45(52)44(51)41(37-48)57-47)56-43(50)36-34-32-30-28-25-16-14-12-10-8-6-4-2/h12,14,40-41,44-48,51-53H,3-11,13,15-39H2,1-2H3/b14-12+/t40-,41-,44+,45?,46?,47-/m0/s1. The number of hydrogen-bond donors (Lipinski definition) is 4. The van der Waals surface area contributed by atoms with E-state index in [1.165, 1.54) is 128 Å². The molecule has 1 saturated heterocycles. The quantitative estimate of drug-likeness (QED) is 0.0267. The van der Waals surface area contributed by atoms with Gasteiger partial charge in [-0.1, -0.05) is 180 Å². The number of ether oxygens (including phenoxy) is 4. The Balaban J connectivity index is 2.25. The summed E-state index contributed by atoms with van der Waals surface area (Å²) in [5.74, 6) is -0.806. The van der Waals surface area contributed by atoms with E-state index in [1.54, 1.807) is 0 Å². The molecule has 57 heavy (non-hydrogen) atoms. The molecule has 336 valence electrons. The lowest BCUT2D eigenvalue weighted by Crippen LogP contribution is -2.59. The zero-order valence-corrected chi connectivity index (χ0v) is 36.6. The van der Waals surface area contributed by atoms with Gasteiger partial charge in [0.1, 0.15) is 31.0 Å². The van der Waals surface area contributed by atoms with Gasteiger partial charge in [0.25, 0.3) is 0 Å². The van der Waals surface area contributed by atoms with E-state index in [9.17, 15) is 30.0 Å². The maximum atomic E-state index is 12.7. The van der Waals surface area contributed by atoms with Crippen molar-refractivity contribution in [3.05, 3.63) is 12.2 Å². The summed E-state index contributed by atoms with van der Waals surface area (Å²) < 4.78 is 22.2. The van der Waals surface area contributed by atoms with Gasteiger partial charge in [-0.05, 0) is 38.5 Å². The van der Waals surface area contributed by atoms with Crippen LogP contribution < -0.4 is 0 Å². The smallest absolute Gasteiger partial charge is 0.306 e. The highest BCUT2D eigenvalue weighted by atomic mass is 16.7. The van der Waals surface area contributed by atoms with Gasteiger partial charge in [-0.3, -0.25) is 9.59 Å². The Morgan fingerprint density at radius 1 is 0.526 bits per heavy atom. The third kappa shape index (κ3) is 30.2. The van der Waals surface area contributed by atoms with Gasteiger partial charge in [-0.25, -0.2) is 0 Å². The molecule has 0 aromatic rings. The van der Waals surface area contributed by atoms with Crippen molar-refractivity contribution in [3.63, 3.8) is 0 Å². The predicted octanol–water partition coefficient (Wildman–Crippen LogP) is 10.3. The molecule has 10 nitrogen and oxygen atoms in total. The van der Waals surface area contributed by atoms with E-state index in [1.807, 2.05) is 0 Å². The average molecular weight is 813 g/mol. The molecule has 0 aliphatic carbocycles. The first-order valence-corrected chi connectivity index (χ1v) is 23.8. The van der Waals surface area contributed by atoms with E-state index in [-0.39, 0.29) is 32.0 Å². The fraction of sp³-hybridized carbons (Fsp3) is 0.915. The lowest BCUT2D eigenvalue weighted by Gasteiger charge is -2.39. The zero-order chi connectivity index (χ0) is 41.6. The third-order valence-electron chi connectivity index (χ3n) is 11.2. The van der Waals surface area contributed by atoms with Crippen molar-refractivity contribution in [2.24, 2.45) is 0 Å². The van der Waals surface area contributed by atoms with E-state index < -0.39 is 49.4 Å². The van der Waals surface area contributed by atoms with Crippen molar-refractivity contribution in [2.45, 2.75) is 256 Å². The lowest BCUT2D eigenvalue weighted by molar-refractivity contribution is -0.305. The predicted molar refractivity (Wildman–Crippen MR) is 229 cm³/mol. The van der Waals surface area contributed by atoms with Crippen LogP contribution in [0.4, 0.5) is 0 Å². The number of carbonyl (C=O) groups is 2. The molecule has 10 heteroatoms. The molecule has 2 unspecified atom stereocenters. The Kier molecular flexibility index (Phi) is 36.2. The van der Waals surface area contributed by atoms with Crippen LogP contribution in [-0.2, 0) is 28.5 Å². The summed E-state index contributed by atoms with van der Waals surface area (Å²) in [7, 11) is 0. The van der Waals surface area contributed by atoms with Gasteiger partial charge in [-0.2, -0.15) is 0 Å². The highest BCUT2D eigenvalue weighted by Crippen LogP contribution is 2.23. The molecule has 1 aliphatic heterocycles. The monoisotopic (exact) mass is 813 g/mol. The van der Waals surface area contributed by atoms with Crippen LogP contribution in [0.5, 0.6) is 0 Å². The molecule has 0 aromatic heterocycles. The Morgan fingerprint density at radius 3 is 1.40 bits per heavy atom. The summed E-state index contributed by atoms with van der Waals surface area (Å²) in [5.41, 5.74) is 0.